The van der Waals surface area contributed by atoms with Crippen LogP contribution in [0.15, 0.2) is 29.1 Å². The lowest BCUT2D eigenvalue weighted by Crippen LogP contribution is -2.36. The van der Waals surface area contributed by atoms with Gasteiger partial charge in [0, 0.05) is 16.5 Å². The number of aromatic nitrogens is 5. The molecule has 2 aliphatic rings. The standard InChI is InChI=1S/C24H32N6O2/c1-32-19-11-12-21-17(15-19)16-20(24(31)25-21)22(29-13-7-2-3-8-14-29)23-26-27-28-30(23)18-9-5-4-6-10-18/h11-12,15-16,18,22H,2-10,13-14H2,1H3,(H,25,31)/t22-/m0/s1. The van der Waals surface area contributed by atoms with Gasteiger partial charge < -0.3 is 9.72 Å². The Labute approximate surface area is 188 Å². The largest absolute Gasteiger partial charge is 0.497 e. The number of hydrogen-bond donors (Lipinski definition) is 1. The number of H-pyrrole nitrogens is 1. The lowest BCUT2D eigenvalue weighted by molar-refractivity contribution is 0.210. The summed E-state index contributed by atoms with van der Waals surface area (Å²) in [5, 5.41) is 14.0. The SMILES string of the molecule is COc1ccc2[nH]c(=O)c([C@@H](c3nnnn3C3CCCCC3)N3CCCCCC3)cc2c1. The van der Waals surface area contributed by atoms with Crippen LogP contribution in [0.3, 0.4) is 0 Å². The maximum Gasteiger partial charge on any atom is 0.253 e. The molecular formula is C24H32N6O2. The summed E-state index contributed by atoms with van der Waals surface area (Å²) < 4.78 is 7.44. The average molecular weight is 437 g/mol. The number of hydrogen-bond acceptors (Lipinski definition) is 6. The summed E-state index contributed by atoms with van der Waals surface area (Å²) in [4.78, 5) is 18.9. The third-order valence-corrected chi connectivity index (χ3v) is 7.06. The van der Waals surface area contributed by atoms with E-state index in [4.69, 9.17) is 4.74 Å². The van der Waals surface area contributed by atoms with Gasteiger partial charge in [-0.05, 0) is 73.5 Å². The first kappa shape index (κ1) is 21.1. The van der Waals surface area contributed by atoms with Gasteiger partial charge in [0.25, 0.3) is 5.56 Å². The highest BCUT2D eigenvalue weighted by molar-refractivity contribution is 5.80. The van der Waals surface area contributed by atoms with Crippen molar-refractivity contribution in [3.63, 3.8) is 0 Å². The zero-order valence-corrected chi connectivity index (χ0v) is 18.8. The fourth-order valence-corrected chi connectivity index (χ4v) is 5.35. The maximum absolute atomic E-state index is 13.3. The van der Waals surface area contributed by atoms with Crippen LogP contribution in [0.25, 0.3) is 10.9 Å². The number of methoxy groups -OCH3 is 1. The van der Waals surface area contributed by atoms with Crippen molar-refractivity contribution >= 4 is 10.9 Å². The smallest absolute Gasteiger partial charge is 0.253 e. The molecule has 0 radical (unpaired) electrons. The van der Waals surface area contributed by atoms with Crippen LogP contribution in [0.2, 0.25) is 0 Å². The molecule has 1 aromatic carbocycles. The van der Waals surface area contributed by atoms with Crippen molar-refractivity contribution < 1.29 is 4.74 Å². The van der Waals surface area contributed by atoms with E-state index in [0.29, 0.717) is 11.6 Å². The van der Waals surface area contributed by atoms with Gasteiger partial charge in [0.05, 0.1) is 13.2 Å². The Morgan fingerprint density at radius 2 is 1.78 bits per heavy atom. The van der Waals surface area contributed by atoms with Gasteiger partial charge >= 0.3 is 0 Å². The van der Waals surface area contributed by atoms with E-state index in [1.165, 1.54) is 32.1 Å². The topological polar surface area (TPSA) is 88.9 Å². The average Bonchev–Trinajstić information content (AvgIpc) is 3.15. The molecule has 1 saturated heterocycles. The van der Waals surface area contributed by atoms with Crippen LogP contribution in [0.5, 0.6) is 5.75 Å². The molecule has 1 saturated carbocycles. The Hall–Kier alpha value is -2.74. The fraction of sp³-hybridized carbons (Fsp3) is 0.583. The second-order valence-electron chi connectivity index (χ2n) is 9.13. The fourth-order valence-electron chi connectivity index (χ4n) is 5.35. The number of fused-ring (bicyclic) bond motifs is 1. The van der Waals surface area contributed by atoms with E-state index in [-0.39, 0.29) is 11.6 Å². The molecule has 5 rings (SSSR count). The number of tetrazole rings is 1. The highest BCUT2D eigenvalue weighted by atomic mass is 16.5. The molecule has 3 heterocycles. The summed E-state index contributed by atoms with van der Waals surface area (Å²) in [7, 11) is 1.66. The Balaban J connectivity index is 1.63. The van der Waals surface area contributed by atoms with E-state index in [1.807, 2.05) is 28.9 Å². The predicted molar refractivity (Wildman–Crippen MR) is 123 cm³/mol. The number of nitrogens with one attached hydrogen (secondary N) is 1. The van der Waals surface area contributed by atoms with Gasteiger partial charge in [0.1, 0.15) is 11.8 Å². The number of aromatic amines is 1. The molecule has 2 aromatic heterocycles. The van der Waals surface area contributed by atoms with Crippen LogP contribution < -0.4 is 10.3 Å². The monoisotopic (exact) mass is 436 g/mol. The van der Waals surface area contributed by atoms with E-state index in [9.17, 15) is 4.79 Å². The second kappa shape index (κ2) is 9.40. The summed E-state index contributed by atoms with van der Waals surface area (Å²) in [6, 6.07) is 7.79. The van der Waals surface area contributed by atoms with Crippen molar-refractivity contribution in [2.45, 2.75) is 69.9 Å². The number of benzene rings is 1. The highest BCUT2D eigenvalue weighted by Gasteiger charge is 2.33. The lowest BCUT2D eigenvalue weighted by atomic mass is 9.95. The van der Waals surface area contributed by atoms with Crippen LogP contribution in [0, 0.1) is 0 Å². The van der Waals surface area contributed by atoms with Crippen LogP contribution in [-0.2, 0) is 0 Å². The van der Waals surface area contributed by atoms with Gasteiger partial charge in [-0.1, -0.05) is 32.1 Å². The molecule has 1 aliphatic heterocycles. The van der Waals surface area contributed by atoms with Gasteiger partial charge in [-0.15, -0.1) is 5.10 Å². The van der Waals surface area contributed by atoms with Crippen LogP contribution in [0.4, 0.5) is 0 Å². The zero-order chi connectivity index (χ0) is 21.9. The van der Waals surface area contributed by atoms with E-state index in [0.717, 1.165) is 61.2 Å². The maximum atomic E-state index is 13.3. The van der Waals surface area contributed by atoms with Crippen molar-refractivity contribution in [3.8, 4) is 5.75 Å². The van der Waals surface area contributed by atoms with Gasteiger partial charge in [-0.2, -0.15) is 0 Å². The Kier molecular flexibility index (Phi) is 6.21. The van der Waals surface area contributed by atoms with E-state index < -0.39 is 0 Å². The molecule has 1 atom stereocenters. The van der Waals surface area contributed by atoms with Crippen LogP contribution >= 0.6 is 0 Å². The molecule has 170 valence electrons. The van der Waals surface area contributed by atoms with Crippen molar-refractivity contribution in [1.82, 2.24) is 30.1 Å². The molecule has 32 heavy (non-hydrogen) atoms. The second-order valence-corrected chi connectivity index (χ2v) is 9.13. The minimum absolute atomic E-state index is 0.0740. The number of ether oxygens (including phenoxy) is 1. The summed E-state index contributed by atoms with van der Waals surface area (Å²) in [5.41, 5.74) is 1.44. The number of pyridine rings is 1. The first-order valence-electron chi connectivity index (χ1n) is 12.0. The summed E-state index contributed by atoms with van der Waals surface area (Å²) in [6.45, 7) is 1.88. The van der Waals surface area contributed by atoms with Gasteiger partial charge in [-0.25, -0.2) is 4.68 Å². The molecule has 2 fully saturated rings. The van der Waals surface area contributed by atoms with E-state index in [1.54, 1.807) is 7.11 Å². The third-order valence-electron chi connectivity index (χ3n) is 7.06. The molecule has 1 N–H and O–H groups in total. The zero-order valence-electron chi connectivity index (χ0n) is 18.8. The first-order valence-corrected chi connectivity index (χ1v) is 12.0. The van der Waals surface area contributed by atoms with Crippen molar-refractivity contribution in [2.75, 3.05) is 20.2 Å². The van der Waals surface area contributed by atoms with Crippen molar-refractivity contribution in [3.05, 3.63) is 46.0 Å². The lowest BCUT2D eigenvalue weighted by Gasteiger charge is -2.31. The van der Waals surface area contributed by atoms with Crippen molar-refractivity contribution in [2.24, 2.45) is 0 Å². The Morgan fingerprint density at radius 3 is 2.53 bits per heavy atom. The molecule has 0 unspecified atom stereocenters. The quantitative estimate of drug-likeness (QED) is 0.650. The number of likely N-dealkylation sites (tertiary alicyclic amines) is 1. The van der Waals surface area contributed by atoms with Crippen LogP contribution in [-0.4, -0.2) is 50.3 Å². The van der Waals surface area contributed by atoms with Crippen LogP contribution in [0.1, 0.15) is 81.3 Å². The minimum atomic E-state index is -0.260. The Morgan fingerprint density at radius 1 is 1.03 bits per heavy atom. The van der Waals surface area contributed by atoms with E-state index >= 15 is 0 Å². The predicted octanol–water partition coefficient (Wildman–Crippen LogP) is 3.99. The third kappa shape index (κ3) is 4.16. The molecule has 0 spiro atoms. The Bertz CT molecular complexity index is 1110. The highest BCUT2D eigenvalue weighted by Crippen LogP contribution is 2.34. The van der Waals surface area contributed by atoms with Gasteiger partial charge in [0.15, 0.2) is 5.82 Å². The first-order chi connectivity index (χ1) is 15.7. The molecule has 8 nitrogen and oxygen atoms in total. The summed E-state index contributed by atoms with van der Waals surface area (Å²) in [6.07, 6.45) is 10.6. The molecule has 3 aromatic rings. The van der Waals surface area contributed by atoms with Crippen molar-refractivity contribution in [1.29, 1.82) is 0 Å². The molecule has 1 aliphatic carbocycles. The molecule has 8 heteroatoms. The minimum Gasteiger partial charge on any atom is -0.497 e. The van der Waals surface area contributed by atoms with Gasteiger partial charge in [0.2, 0.25) is 0 Å². The summed E-state index contributed by atoms with van der Waals surface area (Å²) in [5.74, 6) is 1.57. The van der Waals surface area contributed by atoms with E-state index in [2.05, 4.69) is 25.4 Å². The number of nitrogens with zero attached hydrogens (tertiary/aromatic N) is 5. The molecule has 0 amide bonds. The summed E-state index contributed by atoms with van der Waals surface area (Å²) >= 11 is 0. The normalized spacial score (nSPS) is 19.7. The number of rotatable bonds is 5. The van der Waals surface area contributed by atoms with Gasteiger partial charge in [-0.3, -0.25) is 9.69 Å². The molecule has 0 bridgehead atoms. The molecular weight excluding hydrogens is 404 g/mol.